The number of hydrogen-bond donors (Lipinski definition) is 2. The largest absolute Gasteiger partial charge is 0.457 e. The number of aliphatic hydroxyl groups excluding tert-OH is 2. The maximum atomic E-state index is 13.9. The lowest BCUT2D eigenvalue weighted by atomic mass is 9.88. The third kappa shape index (κ3) is 12.2. The van der Waals surface area contributed by atoms with Crippen molar-refractivity contribution in [2.45, 2.75) is 212 Å². The first-order chi connectivity index (χ1) is 26.7. The van der Waals surface area contributed by atoms with Gasteiger partial charge in [-0.05, 0) is 87.3 Å². The van der Waals surface area contributed by atoms with Crippen LogP contribution >= 0.6 is 0 Å². The molecule has 0 spiro atoms. The second kappa shape index (κ2) is 19.2. The number of esters is 1. The SMILES string of the molecule is CC[C@H](O[Si](C)(C)C(C)(C)C)[C@@H](C)[C@H]1O[C@H]1C[C@H](C)C(O)C(O)/C=C(\C)[C@H]1OC(=O)C[C@H](O[Si](C)(C)C(C)(C)C)CC[C@@]2(C)OC(c3ccccc3)O[C@H]2/C=C/[C@@H]1C. The zero-order valence-electron chi connectivity index (χ0n) is 38.8. The van der Waals surface area contributed by atoms with Gasteiger partial charge in [0.1, 0.15) is 12.2 Å². The molecule has 2 saturated heterocycles. The van der Waals surface area contributed by atoms with E-state index in [4.69, 9.17) is 27.8 Å². The van der Waals surface area contributed by atoms with Gasteiger partial charge in [0.15, 0.2) is 22.9 Å². The van der Waals surface area contributed by atoms with Crippen molar-refractivity contribution in [3.8, 4) is 0 Å². The van der Waals surface area contributed by atoms with Crippen molar-refractivity contribution in [3.05, 3.63) is 59.7 Å². The highest BCUT2D eigenvalue weighted by Crippen LogP contribution is 2.45. The van der Waals surface area contributed by atoms with Gasteiger partial charge in [-0.25, -0.2) is 0 Å². The van der Waals surface area contributed by atoms with Gasteiger partial charge < -0.3 is 38.0 Å². The lowest BCUT2D eigenvalue weighted by Crippen LogP contribution is -2.46. The van der Waals surface area contributed by atoms with E-state index in [0.29, 0.717) is 24.8 Å². The summed E-state index contributed by atoms with van der Waals surface area (Å²) in [4.78, 5) is 13.9. The first kappa shape index (κ1) is 49.0. The van der Waals surface area contributed by atoms with Crippen LogP contribution in [0.2, 0.25) is 36.3 Å². The summed E-state index contributed by atoms with van der Waals surface area (Å²) < 4.78 is 39.5. The molecule has 4 rings (SSSR count). The highest BCUT2D eigenvalue weighted by molar-refractivity contribution is 6.74. The fraction of sp³-hybridized carbons (Fsp3) is 0.766. The summed E-state index contributed by atoms with van der Waals surface area (Å²) in [7, 11) is -4.20. The van der Waals surface area contributed by atoms with Crippen LogP contribution in [-0.4, -0.2) is 87.2 Å². The highest BCUT2D eigenvalue weighted by atomic mass is 28.4. The molecule has 1 aromatic carbocycles. The number of carbonyl (C=O) groups is 1. The minimum Gasteiger partial charge on any atom is -0.457 e. The van der Waals surface area contributed by atoms with Crippen LogP contribution in [0, 0.1) is 17.8 Å². The van der Waals surface area contributed by atoms with Crippen LogP contribution in [0.15, 0.2) is 54.1 Å². The van der Waals surface area contributed by atoms with Crippen molar-refractivity contribution >= 4 is 22.6 Å². The number of fused-ring (bicyclic) bond motifs is 1. The molecule has 0 saturated carbocycles. The molecule has 3 aliphatic heterocycles. The van der Waals surface area contributed by atoms with Crippen LogP contribution in [0.4, 0.5) is 0 Å². The summed E-state index contributed by atoms with van der Waals surface area (Å²) in [6.45, 7) is 34.7. The third-order valence-corrected chi connectivity index (χ3v) is 23.1. The fourth-order valence-corrected chi connectivity index (χ4v) is 10.8. The van der Waals surface area contributed by atoms with E-state index in [1.807, 2.05) is 63.3 Å². The topological polar surface area (TPSA) is 116 Å². The van der Waals surface area contributed by atoms with Crippen LogP contribution in [0.3, 0.4) is 0 Å². The summed E-state index contributed by atoms with van der Waals surface area (Å²) >= 11 is 0. The van der Waals surface area contributed by atoms with Crippen molar-refractivity contribution in [3.63, 3.8) is 0 Å². The zero-order chi connectivity index (χ0) is 43.6. The molecule has 0 bridgehead atoms. The number of cyclic esters (lactones) is 1. The zero-order valence-corrected chi connectivity index (χ0v) is 40.8. The van der Waals surface area contributed by atoms with Crippen LogP contribution < -0.4 is 0 Å². The number of carbonyl (C=O) groups excluding carboxylic acids is 1. The van der Waals surface area contributed by atoms with Gasteiger partial charge in [-0.2, -0.15) is 0 Å². The number of hydrogen-bond acceptors (Lipinski definition) is 9. The number of benzene rings is 1. The molecule has 0 aromatic heterocycles. The Balaban J connectivity index is 1.51. The molecule has 13 atom stereocenters. The first-order valence-corrected chi connectivity index (χ1v) is 27.8. The van der Waals surface area contributed by atoms with Gasteiger partial charge >= 0.3 is 5.97 Å². The molecule has 2 fully saturated rings. The van der Waals surface area contributed by atoms with E-state index >= 15 is 0 Å². The van der Waals surface area contributed by atoms with E-state index in [1.165, 1.54) is 0 Å². The van der Waals surface area contributed by atoms with Crippen molar-refractivity contribution in [1.82, 2.24) is 0 Å². The van der Waals surface area contributed by atoms with Crippen molar-refractivity contribution in [1.29, 1.82) is 0 Å². The summed E-state index contributed by atoms with van der Waals surface area (Å²) in [5, 5.41) is 22.9. The van der Waals surface area contributed by atoms with E-state index < -0.39 is 46.8 Å². The average Bonchev–Trinajstić information content (AvgIpc) is 3.81. The molecule has 330 valence electrons. The normalized spacial score (nSPS) is 32.5. The quantitative estimate of drug-likeness (QED) is 0.0817. The van der Waals surface area contributed by atoms with Gasteiger partial charge in [0.05, 0.1) is 42.5 Å². The predicted octanol–water partition coefficient (Wildman–Crippen LogP) is 10.4. The highest BCUT2D eigenvalue weighted by Gasteiger charge is 2.50. The minimum atomic E-state index is -2.26. The summed E-state index contributed by atoms with van der Waals surface area (Å²) in [5.41, 5.74) is 0.953. The number of ether oxygens (including phenoxy) is 4. The lowest BCUT2D eigenvalue weighted by Gasteiger charge is -2.40. The molecule has 9 nitrogen and oxygen atoms in total. The third-order valence-electron chi connectivity index (χ3n) is 14.1. The van der Waals surface area contributed by atoms with Crippen LogP contribution in [0.5, 0.6) is 0 Å². The molecule has 1 aromatic rings. The number of rotatable bonds is 14. The van der Waals surface area contributed by atoms with Gasteiger partial charge in [0.25, 0.3) is 0 Å². The van der Waals surface area contributed by atoms with E-state index in [-0.39, 0.29) is 70.7 Å². The molecule has 3 unspecified atom stereocenters. The van der Waals surface area contributed by atoms with E-state index in [2.05, 4.69) is 88.5 Å². The van der Waals surface area contributed by atoms with Crippen LogP contribution in [-0.2, 0) is 32.6 Å². The molecule has 3 heterocycles. The Morgan fingerprint density at radius 3 is 2.19 bits per heavy atom. The van der Waals surface area contributed by atoms with E-state index in [0.717, 1.165) is 12.0 Å². The Hall–Kier alpha value is -1.68. The smallest absolute Gasteiger partial charge is 0.308 e. The van der Waals surface area contributed by atoms with Crippen LogP contribution in [0.1, 0.15) is 127 Å². The Labute approximate surface area is 353 Å². The second-order valence-corrected chi connectivity index (χ2v) is 30.6. The summed E-state index contributed by atoms with van der Waals surface area (Å²) in [5.74, 6) is -0.637. The lowest BCUT2D eigenvalue weighted by molar-refractivity contribution is -0.151. The van der Waals surface area contributed by atoms with Gasteiger partial charge in [-0.15, -0.1) is 0 Å². The summed E-state index contributed by atoms with van der Waals surface area (Å²) in [6.07, 6.45) is 4.60. The first-order valence-electron chi connectivity index (χ1n) is 22.0. The number of epoxide rings is 1. The second-order valence-electron chi connectivity index (χ2n) is 21.1. The molecular formula is C47H80O9Si2. The monoisotopic (exact) mass is 845 g/mol. The number of aliphatic hydroxyl groups is 2. The van der Waals surface area contributed by atoms with Gasteiger partial charge in [0, 0.05) is 23.5 Å². The maximum Gasteiger partial charge on any atom is 0.308 e. The van der Waals surface area contributed by atoms with Crippen molar-refractivity contribution in [2.24, 2.45) is 17.8 Å². The Bertz CT molecular complexity index is 1550. The van der Waals surface area contributed by atoms with Gasteiger partial charge in [-0.3, -0.25) is 4.79 Å². The minimum absolute atomic E-state index is 0.00172. The van der Waals surface area contributed by atoms with Crippen molar-refractivity contribution in [2.75, 3.05) is 0 Å². The Morgan fingerprint density at radius 1 is 0.983 bits per heavy atom. The van der Waals surface area contributed by atoms with Crippen molar-refractivity contribution < 1.29 is 42.8 Å². The van der Waals surface area contributed by atoms with E-state index in [9.17, 15) is 15.0 Å². The standard InChI is InChI=1S/C47H80O9Si2/c1-17-37(56-58(15,16)46(9,10)11)33(5)43-38(51-43)28-31(3)41(50)36(48)27-32(4)42-30(2)23-24-39-47(12,54-44(52-39)34-21-19-18-20-22-34)26-25-35(29-40(49)53-42)55-57(13,14)45(6,7)8/h18-24,27,30-31,33,35-39,41-44,48,50H,17,25-26,28-29H2,1-16H3/b24-23+,32-27+/t30-,31-,33+,35+,36?,37-,38-,39-,41?,42-,43+,44?,47+/m0/s1. The van der Waals surface area contributed by atoms with Gasteiger partial charge in [-0.1, -0.05) is 118 Å². The molecule has 11 heteroatoms. The average molecular weight is 845 g/mol. The Morgan fingerprint density at radius 2 is 1.60 bits per heavy atom. The summed E-state index contributed by atoms with van der Waals surface area (Å²) in [6, 6.07) is 9.97. The molecule has 0 radical (unpaired) electrons. The molecular weight excluding hydrogens is 765 g/mol. The molecule has 58 heavy (non-hydrogen) atoms. The fourth-order valence-electron chi connectivity index (χ4n) is 7.88. The molecule has 3 aliphatic rings. The predicted molar refractivity (Wildman–Crippen MR) is 237 cm³/mol. The van der Waals surface area contributed by atoms with Gasteiger partial charge in [0.2, 0.25) is 0 Å². The molecule has 0 aliphatic carbocycles. The molecule has 2 N–H and O–H groups in total. The van der Waals surface area contributed by atoms with E-state index in [1.54, 1.807) is 6.08 Å². The van der Waals surface area contributed by atoms with Crippen LogP contribution in [0.25, 0.3) is 0 Å². The maximum absolute atomic E-state index is 13.9. The molecule has 0 amide bonds. The Kier molecular flexibility index (Phi) is 16.2.